The van der Waals surface area contributed by atoms with Crippen molar-refractivity contribution < 1.29 is 19.4 Å². The van der Waals surface area contributed by atoms with Crippen molar-refractivity contribution in [3.8, 4) is 5.75 Å². The number of nitrogens with zero attached hydrogens (tertiary/aromatic N) is 1. The molecule has 1 aliphatic heterocycles. The maximum Gasteiger partial charge on any atom is 0.325 e. The molecule has 0 amide bonds. The summed E-state index contributed by atoms with van der Waals surface area (Å²) in [5.74, 6) is -0.0970. The zero-order chi connectivity index (χ0) is 18.6. The van der Waals surface area contributed by atoms with E-state index in [1.807, 2.05) is 53.4 Å². The van der Waals surface area contributed by atoms with Gasteiger partial charge in [-0.3, -0.25) is 9.69 Å². The SMILES string of the molecule is O=C(O)[C@@H](c1c[nH]c2cc(OCc3ccccc3)ccc12)N1CCOCC1. The first-order chi connectivity index (χ1) is 13.2. The molecular weight excluding hydrogens is 344 g/mol. The van der Waals surface area contributed by atoms with Gasteiger partial charge in [0.15, 0.2) is 0 Å². The fourth-order valence-electron chi connectivity index (χ4n) is 3.51. The van der Waals surface area contributed by atoms with Gasteiger partial charge in [0.2, 0.25) is 0 Å². The minimum atomic E-state index is -0.845. The van der Waals surface area contributed by atoms with Crippen LogP contribution in [0.25, 0.3) is 10.9 Å². The highest BCUT2D eigenvalue weighted by Gasteiger charge is 2.30. The molecule has 0 unspecified atom stereocenters. The molecule has 0 bridgehead atoms. The Morgan fingerprint density at radius 1 is 1.19 bits per heavy atom. The molecule has 6 nitrogen and oxygen atoms in total. The molecule has 27 heavy (non-hydrogen) atoms. The third-order valence-electron chi connectivity index (χ3n) is 4.87. The van der Waals surface area contributed by atoms with Crippen LogP contribution in [0.1, 0.15) is 17.2 Å². The summed E-state index contributed by atoms with van der Waals surface area (Å²) in [4.78, 5) is 17.1. The van der Waals surface area contributed by atoms with Crippen molar-refractivity contribution in [1.82, 2.24) is 9.88 Å². The summed E-state index contributed by atoms with van der Waals surface area (Å²) >= 11 is 0. The number of fused-ring (bicyclic) bond motifs is 1. The predicted molar refractivity (Wildman–Crippen MR) is 102 cm³/mol. The molecule has 6 heteroatoms. The molecule has 2 aromatic carbocycles. The van der Waals surface area contributed by atoms with Crippen LogP contribution < -0.4 is 4.74 Å². The van der Waals surface area contributed by atoms with E-state index in [-0.39, 0.29) is 0 Å². The Bertz CT molecular complexity index is 916. The van der Waals surface area contributed by atoms with Crippen LogP contribution in [-0.2, 0) is 16.1 Å². The molecule has 4 rings (SSSR count). The van der Waals surface area contributed by atoms with E-state index in [2.05, 4.69) is 4.98 Å². The number of H-pyrrole nitrogens is 1. The fourth-order valence-corrected chi connectivity index (χ4v) is 3.51. The molecule has 0 saturated carbocycles. The zero-order valence-electron chi connectivity index (χ0n) is 14.9. The van der Waals surface area contributed by atoms with E-state index >= 15 is 0 Å². The lowest BCUT2D eigenvalue weighted by atomic mass is 10.0. The summed E-state index contributed by atoms with van der Waals surface area (Å²) in [6.45, 7) is 2.84. The number of benzene rings is 2. The van der Waals surface area contributed by atoms with Gasteiger partial charge in [0, 0.05) is 41.8 Å². The van der Waals surface area contributed by atoms with Gasteiger partial charge in [-0.2, -0.15) is 0 Å². The van der Waals surface area contributed by atoms with Crippen molar-refractivity contribution in [2.75, 3.05) is 26.3 Å². The number of carboxylic acid groups (broad SMARTS) is 1. The smallest absolute Gasteiger partial charge is 0.325 e. The largest absolute Gasteiger partial charge is 0.489 e. The third-order valence-corrected chi connectivity index (χ3v) is 4.87. The van der Waals surface area contributed by atoms with Crippen LogP contribution in [0.5, 0.6) is 5.75 Å². The quantitative estimate of drug-likeness (QED) is 0.701. The Labute approximate surface area is 157 Å². The highest BCUT2D eigenvalue weighted by Crippen LogP contribution is 2.31. The first-order valence-corrected chi connectivity index (χ1v) is 9.05. The average molecular weight is 366 g/mol. The number of aromatic nitrogens is 1. The first-order valence-electron chi connectivity index (χ1n) is 9.05. The van der Waals surface area contributed by atoms with Crippen molar-refractivity contribution in [3.63, 3.8) is 0 Å². The molecule has 2 heterocycles. The molecule has 1 fully saturated rings. The van der Waals surface area contributed by atoms with Gasteiger partial charge in [-0.15, -0.1) is 0 Å². The normalized spacial score (nSPS) is 16.3. The second-order valence-electron chi connectivity index (χ2n) is 6.61. The lowest BCUT2D eigenvalue weighted by molar-refractivity contribution is -0.145. The van der Waals surface area contributed by atoms with Gasteiger partial charge in [-0.05, 0) is 17.7 Å². The van der Waals surface area contributed by atoms with Crippen LogP contribution in [0.3, 0.4) is 0 Å². The van der Waals surface area contributed by atoms with E-state index in [1.165, 1.54) is 0 Å². The maximum atomic E-state index is 11.9. The Kier molecular flexibility index (Phi) is 5.09. The molecule has 2 N–H and O–H groups in total. The minimum Gasteiger partial charge on any atom is -0.489 e. The highest BCUT2D eigenvalue weighted by atomic mass is 16.5. The molecule has 1 aliphatic rings. The van der Waals surface area contributed by atoms with Crippen molar-refractivity contribution in [2.45, 2.75) is 12.6 Å². The Morgan fingerprint density at radius 2 is 1.96 bits per heavy atom. The monoisotopic (exact) mass is 366 g/mol. The zero-order valence-corrected chi connectivity index (χ0v) is 14.9. The van der Waals surface area contributed by atoms with E-state index in [4.69, 9.17) is 9.47 Å². The van der Waals surface area contributed by atoms with E-state index < -0.39 is 12.0 Å². The molecular formula is C21H22N2O4. The van der Waals surface area contributed by atoms with E-state index in [9.17, 15) is 9.90 Å². The number of hydrogen-bond acceptors (Lipinski definition) is 4. The number of carboxylic acids is 1. The van der Waals surface area contributed by atoms with Gasteiger partial charge >= 0.3 is 5.97 Å². The Morgan fingerprint density at radius 3 is 2.70 bits per heavy atom. The van der Waals surface area contributed by atoms with Gasteiger partial charge in [-0.1, -0.05) is 30.3 Å². The number of rotatable bonds is 6. The summed E-state index contributed by atoms with van der Waals surface area (Å²) < 4.78 is 11.2. The van der Waals surface area contributed by atoms with Crippen molar-refractivity contribution in [3.05, 3.63) is 65.9 Å². The summed E-state index contributed by atoms with van der Waals surface area (Å²) in [6, 6.07) is 15.0. The van der Waals surface area contributed by atoms with Gasteiger partial charge < -0.3 is 19.6 Å². The molecule has 1 aromatic heterocycles. The lowest BCUT2D eigenvalue weighted by Crippen LogP contribution is -2.42. The van der Waals surface area contributed by atoms with Gasteiger partial charge in [-0.25, -0.2) is 0 Å². The summed E-state index contributed by atoms with van der Waals surface area (Å²) in [5.41, 5.74) is 2.74. The first kappa shape index (κ1) is 17.6. The molecule has 1 atom stereocenters. The average Bonchev–Trinajstić information content (AvgIpc) is 3.11. The highest BCUT2D eigenvalue weighted by molar-refractivity contribution is 5.89. The van der Waals surface area contributed by atoms with E-state index in [1.54, 1.807) is 6.20 Å². The van der Waals surface area contributed by atoms with Crippen molar-refractivity contribution in [2.24, 2.45) is 0 Å². The second-order valence-corrected chi connectivity index (χ2v) is 6.61. The molecule has 0 spiro atoms. The predicted octanol–water partition coefficient (Wildman–Crippen LogP) is 3.20. The number of aliphatic carboxylic acids is 1. The number of aromatic amines is 1. The fraction of sp³-hybridized carbons (Fsp3) is 0.286. The van der Waals surface area contributed by atoms with Crippen molar-refractivity contribution >= 4 is 16.9 Å². The van der Waals surface area contributed by atoms with Crippen molar-refractivity contribution in [1.29, 1.82) is 0 Å². The topological polar surface area (TPSA) is 74.8 Å². The van der Waals surface area contributed by atoms with Crippen LogP contribution in [0.15, 0.2) is 54.7 Å². The molecule has 140 valence electrons. The number of hydrogen-bond donors (Lipinski definition) is 2. The maximum absolute atomic E-state index is 11.9. The van der Waals surface area contributed by atoms with E-state index in [0.29, 0.717) is 32.9 Å². The standard InChI is InChI=1S/C21H22N2O4/c24-21(25)20(23-8-10-26-11-9-23)18-13-22-19-12-16(6-7-17(18)19)27-14-15-4-2-1-3-5-15/h1-7,12-13,20,22H,8-11,14H2,(H,24,25)/t20-/m1/s1. The molecule has 3 aromatic rings. The lowest BCUT2D eigenvalue weighted by Gasteiger charge is -2.31. The number of nitrogens with one attached hydrogen (secondary N) is 1. The van der Waals surface area contributed by atoms with Gasteiger partial charge in [0.25, 0.3) is 0 Å². The molecule has 1 saturated heterocycles. The summed E-state index contributed by atoms with van der Waals surface area (Å²) in [7, 11) is 0. The second kappa shape index (κ2) is 7.82. The summed E-state index contributed by atoms with van der Waals surface area (Å²) in [5, 5.41) is 10.7. The van der Waals surface area contributed by atoms with Crippen LogP contribution in [0.4, 0.5) is 0 Å². The minimum absolute atomic E-state index is 0.492. The molecule has 0 aliphatic carbocycles. The number of morpholine rings is 1. The number of carbonyl (C=O) groups is 1. The Balaban J connectivity index is 1.56. The van der Waals surface area contributed by atoms with Crippen LogP contribution in [-0.4, -0.2) is 47.3 Å². The van der Waals surface area contributed by atoms with Gasteiger partial charge in [0.05, 0.1) is 13.2 Å². The van der Waals surface area contributed by atoms with Gasteiger partial charge in [0.1, 0.15) is 18.4 Å². The van der Waals surface area contributed by atoms with Crippen LogP contribution >= 0.6 is 0 Å². The number of ether oxygens (including phenoxy) is 2. The van der Waals surface area contributed by atoms with E-state index in [0.717, 1.165) is 27.8 Å². The third kappa shape index (κ3) is 3.82. The summed E-state index contributed by atoms with van der Waals surface area (Å²) in [6.07, 6.45) is 1.79. The molecule has 0 radical (unpaired) electrons. The Hall–Kier alpha value is -2.83. The van der Waals surface area contributed by atoms with Crippen LogP contribution in [0, 0.1) is 0 Å². The van der Waals surface area contributed by atoms with Crippen LogP contribution in [0.2, 0.25) is 0 Å².